The Kier molecular flexibility index (Phi) is 16.2. The number of unbranched alkanes of at least 4 members (excludes halogenated alkanes) is 3. The number of aromatic hydroxyl groups is 1. The SMILES string of the molecule is CCCN(CCCCCCNCCc1ccc(O)c([N+](=O)[O-])c1)[C@H]1CCc2c(ccc(OC)c2OC)C1.Cl.Cl. The van der Waals surface area contributed by atoms with Gasteiger partial charge < -0.3 is 24.8 Å². The van der Waals surface area contributed by atoms with Gasteiger partial charge in [0.25, 0.3) is 0 Å². The smallest absolute Gasteiger partial charge is 0.310 e. The lowest BCUT2D eigenvalue weighted by Crippen LogP contribution is -2.40. The van der Waals surface area contributed by atoms with E-state index in [1.165, 1.54) is 48.9 Å². The molecule has 0 spiro atoms. The Labute approximate surface area is 245 Å². The molecule has 0 fully saturated rings. The zero-order chi connectivity index (χ0) is 26.6. The zero-order valence-electron chi connectivity index (χ0n) is 23.4. The highest BCUT2D eigenvalue weighted by Gasteiger charge is 2.27. The number of rotatable bonds is 16. The third-order valence-electron chi connectivity index (χ3n) is 7.33. The molecule has 1 atom stereocenters. The molecule has 220 valence electrons. The van der Waals surface area contributed by atoms with E-state index >= 15 is 0 Å². The standard InChI is InChI=1S/C29H43N3O5.2ClH/c1-4-18-31(24-11-12-25-23(21-24)10-14-28(36-2)29(25)37-3)19-8-6-5-7-16-30-17-15-22-9-13-27(33)26(20-22)32(34)35;;/h9-10,13-14,20,24,30,33H,4-8,11-12,15-19,21H2,1-3H3;2*1H/t24-;;/m0../s1. The molecule has 3 rings (SSSR count). The van der Waals surface area contributed by atoms with E-state index in [0.717, 1.165) is 68.9 Å². The second kappa shape index (κ2) is 18.2. The number of halogens is 2. The summed E-state index contributed by atoms with van der Waals surface area (Å²) in [5, 5.41) is 24.0. The van der Waals surface area contributed by atoms with Crippen LogP contribution in [0.15, 0.2) is 30.3 Å². The van der Waals surface area contributed by atoms with Crippen LogP contribution in [-0.2, 0) is 19.3 Å². The summed E-state index contributed by atoms with van der Waals surface area (Å²) in [5.41, 5.74) is 3.33. The summed E-state index contributed by atoms with van der Waals surface area (Å²) in [6.45, 7) is 6.27. The van der Waals surface area contributed by atoms with Gasteiger partial charge in [-0.05, 0) is 94.4 Å². The first kappa shape index (κ1) is 34.8. The van der Waals surface area contributed by atoms with Gasteiger partial charge >= 0.3 is 5.69 Å². The Morgan fingerprint density at radius 2 is 1.82 bits per heavy atom. The summed E-state index contributed by atoms with van der Waals surface area (Å²) in [5.74, 6) is 1.44. The number of methoxy groups -OCH3 is 2. The Bertz CT molecular complexity index is 1020. The van der Waals surface area contributed by atoms with E-state index in [2.05, 4.69) is 23.2 Å². The van der Waals surface area contributed by atoms with Crippen LogP contribution in [0.2, 0.25) is 0 Å². The molecule has 1 aliphatic carbocycles. The van der Waals surface area contributed by atoms with Gasteiger partial charge in [-0.25, -0.2) is 0 Å². The number of phenols is 1. The molecular weight excluding hydrogens is 541 g/mol. The van der Waals surface area contributed by atoms with Crippen LogP contribution in [0.1, 0.15) is 62.1 Å². The molecule has 1 aliphatic rings. The van der Waals surface area contributed by atoms with Gasteiger partial charge in [-0.2, -0.15) is 0 Å². The Morgan fingerprint density at radius 1 is 1.05 bits per heavy atom. The first-order chi connectivity index (χ1) is 18.0. The van der Waals surface area contributed by atoms with Gasteiger partial charge in [0.15, 0.2) is 17.2 Å². The molecule has 0 amide bonds. The van der Waals surface area contributed by atoms with Crippen molar-refractivity contribution >= 4 is 30.5 Å². The van der Waals surface area contributed by atoms with Crippen LogP contribution in [0.4, 0.5) is 5.69 Å². The fourth-order valence-corrected chi connectivity index (χ4v) is 5.39. The number of nitro benzene ring substituents is 1. The molecular formula is C29H45Cl2N3O5. The minimum absolute atomic E-state index is 0. The maximum Gasteiger partial charge on any atom is 0.310 e. The maximum absolute atomic E-state index is 11.0. The third kappa shape index (κ3) is 10.0. The monoisotopic (exact) mass is 585 g/mol. The van der Waals surface area contributed by atoms with Crippen molar-refractivity contribution in [3.63, 3.8) is 0 Å². The van der Waals surface area contributed by atoms with Gasteiger partial charge in [0.1, 0.15) is 0 Å². The number of nitro groups is 1. The lowest BCUT2D eigenvalue weighted by molar-refractivity contribution is -0.385. The molecule has 39 heavy (non-hydrogen) atoms. The van der Waals surface area contributed by atoms with E-state index in [4.69, 9.17) is 9.47 Å². The van der Waals surface area contributed by atoms with Crippen LogP contribution in [0.3, 0.4) is 0 Å². The molecule has 0 saturated carbocycles. The Morgan fingerprint density at radius 3 is 2.51 bits per heavy atom. The van der Waals surface area contributed by atoms with Crippen molar-refractivity contribution in [2.24, 2.45) is 0 Å². The highest BCUT2D eigenvalue weighted by atomic mass is 35.5. The van der Waals surface area contributed by atoms with E-state index in [1.54, 1.807) is 20.3 Å². The number of nitrogens with zero attached hydrogens (tertiary/aromatic N) is 2. The topological polar surface area (TPSA) is 97.1 Å². The van der Waals surface area contributed by atoms with Crippen molar-refractivity contribution in [2.45, 2.75) is 70.8 Å². The minimum Gasteiger partial charge on any atom is -0.502 e. The quantitative estimate of drug-likeness (QED) is 0.139. The van der Waals surface area contributed by atoms with Gasteiger partial charge in [-0.3, -0.25) is 10.1 Å². The Balaban J connectivity index is 0.00000380. The summed E-state index contributed by atoms with van der Waals surface area (Å²) in [6.07, 6.45) is 9.90. The van der Waals surface area contributed by atoms with E-state index in [9.17, 15) is 15.2 Å². The minimum atomic E-state index is -0.546. The Hall–Kier alpha value is -2.26. The van der Waals surface area contributed by atoms with Crippen molar-refractivity contribution in [3.05, 3.63) is 57.1 Å². The second-order valence-corrected chi connectivity index (χ2v) is 9.87. The van der Waals surface area contributed by atoms with E-state index < -0.39 is 4.92 Å². The van der Waals surface area contributed by atoms with Crippen LogP contribution < -0.4 is 14.8 Å². The molecule has 0 heterocycles. The molecule has 10 heteroatoms. The van der Waals surface area contributed by atoms with E-state index in [-0.39, 0.29) is 36.3 Å². The number of nitrogens with one attached hydrogen (secondary N) is 1. The van der Waals surface area contributed by atoms with Gasteiger partial charge in [0, 0.05) is 17.7 Å². The number of benzene rings is 2. The molecule has 2 aromatic rings. The van der Waals surface area contributed by atoms with Gasteiger partial charge in [-0.15, -0.1) is 24.8 Å². The molecule has 0 bridgehead atoms. The molecule has 0 aromatic heterocycles. The first-order valence-corrected chi connectivity index (χ1v) is 13.6. The van der Waals surface area contributed by atoms with E-state index in [0.29, 0.717) is 12.5 Å². The average Bonchev–Trinajstić information content (AvgIpc) is 2.91. The summed E-state index contributed by atoms with van der Waals surface area (Å²) in [7, 11) is 3.43. The molecule has 0 aliphatic heterocycles. The van der Waals surface area contributed by atoms with Crippen molar-refractivity contribution in [3.8, 4) is 17.2 Å². The van der Waals surface area contributed by atoms with Crippen LogP contribution >= 0.6 is 24.8 Å². The normalized spacial score (nSPS) is 14.2. The number of fused-ring (bicyclic) bond motifs is 1. The second-order valence-electron chi connectivity index (χ2n) is 9.87. The molecule has 2 aromatic carbocycles. The number of hydrogen-bond donors (Lipinski definition) is 2. The fraction of sp³-hybridized carbons (Fsp3) is 0.586. The van der Waals surface area contributed by atoms with Gasteiger partial charge in [0.2, 0.25) is 0 Å². The summed E-state index contributed by atoms with van der Waals surface area (Å²) in [4.78, 5) is 13.1. The predicted molar refractivity (Wildman–Crippen MR) is 162 cm³/mol. The maximum atomic E-state index is 11.0. The highest BCUT2D eigenvalue weighted by Crippen LogP contribution is 2.38. The van der Waals surface area contributed by atoms with Crippen molar-refractivity contribution in [2.75, 3.05) is 40.4 Å². The molecule has 2 N–H and O–H groups in total. The van der Waals surface area contributed by atoms with Crippen LogP contribution in [0, 0.1) is 10.1 Å². The van der Waals surface area contributed by atoms with Crippen LogP contribution in [-0.4, -0.2) is 61.4 Å². The third-order valence-corrected chi connectivity index (χ3v) is 7.33. The molecule has 0 saturated heterocycles. The predicted octanol–water partition coefficient (Wildman–Crippen LogP) is 6.12. The molecule has 0 unspecified atom stereocenters. The summed E-state index contributed by atoms with van der Waals surface area (Å²) < 4.78 is 11.2. The average molecular weight is 587 g/mol. The lowest BCUT2D eigenvalue weighted by Gasteiger charge is -2.36. The highest BCUT2D eigenvalue weighted by molar-refractivity contribution is 5.85. The van der Waals surface area contributed by atoms with Gasteiger partial charge in [-0.1, -0.05) is 31.9 Å². The largest absolute Gasteiger partial charge is 0.502 e. The molecule has 8 nitrogen and oxygen atoms in total. The lowest BCUT2D eigenvalue weighted by atomic mass is 9.86. The molecule has 0 radical (unpaired) electrons. The van der Waals surface area contributed by atoms with Crippen LogP contribution in [0.25, 0.3) is 0 Å². The summed E-state index contributed by atoms with van der Waals surface area (Å²) in [6, 6.07) is 9.43. The number of hydrogen-bond acceptors (Lipinski definition) is 7. The van der Waals surface area contributed by atoms with E-state index in [1.807, 2.05) is 6.07 Å². The number of phenolic OH excluding ortho intramolecular Hbond substituents is 1. The fourth-order valence-electron chi connectivity index (χ4n) is 5.39. The van der Waals surface area contributed by atoms with Crippen molar-refractivity contribution in [1.82, 2.24) is 10.2 Å². The first-order valence-electron chi connectivity index (χ1n) is 13.6. The number of ether oxygens (including phenoxy) is 2. The van der Waals surface area contributed by atoms with Crippen molar-refractivity contribution < 1.29 is 19.5 Å². The zero-order valence-corrected chi connectivity index (χ0v) is 25.1. The van der Waals surface area contributed by atoms with Crippen molar-refractivity contribution in [1.29, 1.82) is 0 Å². The van der Waals surface area contributed by atoms with Crippen LogP contribution in [0.5, 0.6) is 17.2 Å². The van der Waals surface area contributed by atoms with Gasteiger partial charge in [0.05, 0.1) is 19.1 Å². The summed E-state index contributed by atoms with van der Waals surface area (Å²) >= 11 is 0.